The van der Waals surface area contributed by atoms with Crippen molar-refractivity contribution in [2.24, 2.45) is 7.05 Å². The van der Waals surface area contributed by atoms with Gasteiger partial charge in [0.05, 0.1) is 12.7 Å². The number of halogens is 3. The summed E-state index contributed by atoms with van der Waals surface area (Å²) in [6, 6.07) is 5.23. The van der Waals surface area contributed by atoms with Crippen LogP contribution in [-0.2, 0) is 24.6 Å². The van der Waals surface area contributed by atoms with Crippen LogP contribution in [0.3, 0.4) is 0 Å². The lowest BCUT2D eigenvalue weighted by Crippen LogP contribution is -2.42. The van der Waals surface area contributed by atoms with Crippen LogP contribution in [0.25, 0.3) is 11.0 Å². The number of hydrogen-bond acceptors (Lipinski definition) is 5. The van der Waals surface area contributed by atoms with E-state index in [1.165, 1.54) is 26.4 Å². The molecule has 0 saturated carbocycles. The van der Waals surface area contributed by atoms with Gasteiger partial charge in [0.15, 0.2) is 5.65 Å². The number of carbonyl (C=O) groups excluding carboxylic acids is 1. The molecule has 0 aliphatic carbocycles. The van der Waals surface area contributed by atoms with Crippen LogP contribution in [0.15, 0.2) is 46.1 Å². The van der Waals surface area contributed by atoms with Gasteiger partial charge in [0, 0.05) is 18.9 Å². The van der Waals surface area contributed by atoms with Crippen LogP contribution < -0.4 is 21.3 Å². The molecule has 0 bridgehead atoms. The van der Waals surface area contributed by atoms with Crippen LogP contribution >= 0.6 is 0 Å². The van der Waals surface area contributed by atoms with Crippen LogP contribution in [0, 0.1) is 0 Å². The number of nitrogens with one attached hydrogen (secondary N) is 1. The first-order valence-electron chi connectivity index (χ1n) is 8.23. The summed E-state index contributed by atoms with van der Waals surface area (Å²) < 4.78 is 44.8. The van der Waals surface area contributed by atoms with Gasteiger partial charge >= 0.3 is 11.9 Å². The number of nitrogens with zero attached hydrogens (tertiary/aromatic N) is 3. The SMILES string of the molecule is COc1ccnc2c1c(=O)n(CC(=O)Nc1ccc(C(F)(F)F)cc1)c(=O)n2C. The summed E-state index contributed by atoms with van der Waals surface area (Å²) in [7, 11) is 2.74. The van der Waals surface area contributed by atoms with Crippen molar-refractivity contribution in [3.05, 3.63) is 62.9 Å². The maximum absolute atomic E-state index is 12.7. The Morgan fingerprint density at radius 1 is 1.17 bits per heavy atom. The number of aryl methyl sites for hydroxylation is 1. The molecule has 1 aromatic carbocycles. The molecule has 11 heteroatoms. The lowest BCUT2D eigenvalue weighted by Gasteiger charge is -2.12. The summed E-state index contributed by atoms with van der Waals surface area (Å²) in [5, 5.41) is 2.39. The highest BCUT2D eigenvalue weighted by Gasteiger charge is 2.30. The van der Waals surface area contributed by atoms with Crippen LogP contribution in [0.4, 0.5) is 18.9 Å². The third-order valence-electron chi connectivity index (χ3n) is 4.20. The number of alkyl halides is 3. The van der Waals surface area contributed by atoms with E-state index in [0.29, 0.717) is 4.57 Å². The van der Waals surface area contributed by atoms with Crippen LogP contribution in [0.2, 0.25) is 0 Å². The third-order valence-corrected chi connectivity index (χ3v) is 4.20. The Hall–Kier alpha value is -3.63. The Morgan fingerprint density at radius 3 is 2.41 bits per heavy atom. The molecule has 3 rings (SSSR count). The first kappa shape index (κ1) is 20.1. The zero-order chi connectivity index (χ0) is 21.3. The topological polar surface area (TPSA) is 95.2 Å². The van der Waals surface area contributed by atoms with Crippen molar-refractivity contribution in [3.63, 3.8) is 0 Å². The molecule has 0 aliphatic heterocycles. The maximum atomic E-state index is 12.7. The second kappa shape index (κ2) is 7.41. The summed E-state index contributed by atoms with van der Waals surface area (Å²) in [6.07, 6.45) is -3.12. The molecule has 1 amide bonds. The van der Waals surface area contributed by atoms with Crippen molar-refractivity contribution in [1.82, 2.24) is 14.1 Å². The number of benzene rings is 1. The first-order valence-corrected chi connectivity index (χ1v) is 8.23. The highest BCUT2D eigenvalue weighted by molar-refractivity contribution is 5.90. The lowest BCUT2D eigenvalue weighted by atomic mass is 10.2. The van der Waals surface area contributed by atoms with E-state index in [1.54, 1.807) is 0 Å². The quantitative estimate of drug-likeness (QED) is 0.710. The van der Waals surface area contributed by atoms with Gasteiger partial charge in [-0.2, -0.15) is 13.2 Å². The largest absolute Gasteiger partial charge is 0.496 e. The summed E-state index contributed by atoms with van der Waals surface area (Å²) in [6.45, 7) is -0.638. The normalized spacial score (nSPS) is 11.5. The smallest absolute Gasteiger partial charge is 0.416 e. The predicted octanol–water partition coefficient (Wildman–Crippen LogP) is 1.76. The Bertz CT molecular complexity index is 1200. The average molecular weight is 408 g/mol. The Balaban J connectivity index is 1.93. The second-order valence-corrected chi connectivity index (χ2v) is 6.07. The molecule has 0 saturated heterocycles. The molecule has 0 aliphatic rings. The minimum absolute atomic E-state index is 0.0273. The van der Waals surface area contributed by atoms with Crippen molar-refractivity contribution in [3.8, 4) is 5.75 Å². The number of fused-ring (bicyclic) bond motifs is 1. The molecule has 2 aromatic heterocycles. The van der Waals surface area contributed by atoms with Gasteiger partial charge < -0.3 is 10.1 Å². The fourth-order valence-corrected chi connectivity index (χ4v) is 2.78. The van der Waals surface area contributed by atoms with Gasteiger partial charge in [0.2, 0.25) is 5.91 Å². The van der Waals surface area contributed by atoms with Gasteiger partial charge in [-0.1, -0.05) is 0 Å². The molecule has 0 atom stereocenters. The van der Waals surface area contributed by atoms with E-state index >= 15 is 0 Å². The van der Waals surface area contributed by atoms with Crippen molar-refractivity contribution in [1.29, 1.82) is 0 Å². The predicted molar refractivity (Wildman–Crippen MR) is 97.9 cm³/mol. The zero-order valence-corrected chi connectivity index (χ0v) is 15.3. The second-order valence-electron chi connectivity index (χ2n) is 6.07. The third kappa shape index (κ3) is 3.84. The van der Waals surface area contributed by atoms with E-state index in [2.05, 4.69) is 10.3 Å². The highest BCUT2D eigenvalue weighted by atomic mass is 19.4. The molecule has 152 valence electrons. The van der Waals surface area contributed by atoms with E-state index in [9.17, 15) is 27.6 Å². The number of methoxy groups -OCH3 is 1. The Labute approximate surface area is 161 Å². The van der Waals surface area contributed by atoms with E-state index < -0.39 is 35.4 Å². The van der Waals surface area contributed by atoms with E-state index in [-0.39, 0.29) is 22.5 Å². The number of hydrogen-bond donors (Lipinski definition) is 1. The van der Waals surface area contributed by atoms with E-state index in [4.69, 9.17) is 4.74 Å². The molecule has 29 heavy (non-hydrogen) atoms. The van der Waals surface area contributed by atoms with Crippen molar-refractivity contribution in [2.75, 3.05) is 12.4 Å². The number of amides is 1. The van der Waals surface area contributed by atoms with E-state index in [0.717, 1.165) is 28.8 Å². The van der Waals surface area contributed by atoms with E-state index in [1.807, 2.05) is 0 Å². The molecule has 0 fully saturated rings. The van der Waals surface area contributed by atoms with Gasteiger partial charge in [-0.05, 0) is 30.3 Å². The fourth-order valence-electron chi connectivity index (χ4n) is 2.78. The lowest BCUT2D eigenvalue weighted by molar-refractivity contribution is -0.137. The van der Waals surface area contributed by atoms with Crippen LogP contribution in [-0.4, -0.2) is 27.1 Å². The standard InChI is InChI=1S/C18H15F3N4O4/c1-24-15-14(12(29-2)7-8-22-15)16(27)25(17(24)28)9-13(26)23-11-5-3-10(4-6-11)18(19,20)21/h3-8H,9H2,1-2H3,(H,23,26). The van der Waals surface area contributed by atoms with Gasteiger partial charge in [-0.15, -0.1) is 0 Å². The minimum atomic E-state index is -4.50. The van der Waals surface area contributed by atoms with Gasteiger partial charge in [-0.25, -0.2) is 14.3 Å². The number of carbonyl (C=O) groups is 1. The summed E-state index contributed by atoms with van der Waals surface area (Å²) in [5.74, 6) is -0.571. The monoisotopic (exact) mass is 408 g/mol. The molecular formula is C18H15F3N4O4. The number of rotatable bonds is 4. The highest BCUT2D eigenvalue weighted by Crippen LogP contribution is 2.29. The molecule has 0 radical (unpaired) electrons. The minimum Gasteiger partial charge on any atom is -0.496 e. The zero-order valence-electron chi connectivity index (χ0n) is 15.3. The summed E-state index contributed by atoms with van der Waals surface area (Å²) in [5.41, 5.74) is -2.22. The van der Waals surface area contributed by atoms with Crippen molar-refractivity contribution < 1.29 is 22.7 Å². The number of pyridine rings is 1. The van der Waals surface area contributed by atoms with Crippen LogP contribution in [0.1, 0.15) is 5.56 Å². The Morgan fingerprint density at radius 2 is 1.83 bits per heavy atom. The summed E-state index contributed by atoms with van der Waals surface area (Å²) in [4.78, 5) is 41.5. The van der Waals surface area contributed by atoms with Gasteiger partial charge in [0.1, 0.15) is 17.7 Å². The fraction of sp³-hybridized carbons (Fsp3) is 0.222. The first-order chi connectivity index (χ1) is 13.6. The molecule has 2 heterocycles. The molecule has 3 aromatic rings. The Kier molecular flexibility index (Phi) is 5.14. The maximum Gasteiger partial charge on any atom is 0.416 e. The van der Waals surface area contributed by atoms with Crippen molar-refractivity contribution in [2.45, 2.75) is 12.7 Å². The number of aromatic nitrogens is 3. The van der Waals surface area contributed by atoms with Gasteiger partial charge in [0.25, 0.3) is 5.56 Å². The number of anilines is 1. The molecule has 0 unspecified atom stereocenters. The average Bonchev–Trinajstić information content (AvgIpc) is 2.68. The molecular weight excluding hydrogens is 393 g/mol. The molecule has 0 spiro atoms. The van der Waals surface area contributed by atoms with Crippen molar-refractivity contribution >= 4 is 22.6 Å². The van der Waals surface area contributed by atoms with Crippen LogP contribution in [0.5, 0.6) is 5.75 Å². The summed E-state index contributed by atoms with van der Waals surface area (Å²) >= 11 is 0. The van der Waals surface area contributed by atoms with Gasteiger partial charge in [-0.3, -0.25) is 14.2 Å². The molecule has 8 nitrogen and oxygen atoms in total. The number of ether oxygens (including phenoxy) is 1. The molecule has 1 N–H and O–H groups in total.